The number of benzene rings is 1. The van der Waals surface area contributed by atoms with Gasteiger partial charge in [0.2, 0.25) is 5.95 Å². The largest absolute Gasteiger partial charge is 0.354 e. The summed E-state index contributed by atoms with van der Waals surface area (Å²) in [5.41, 5.74) is 1.30. The maximum absolute atomic E-state index is 11.6. The number of anilines is 2. The number of aryl methyl sites for hydroxylation is 1. The molecule has 8 heteroatoms. The highest BCUT2D eigenvalue weighted by Gasteiger charge is 2.31. The molecule has 134 valence electrons. The smallest absolute Gasteiger partial charge is 0.244 e. The number of hydrogen-bond acceptors (Lipinski definition) is 7. The third-order valence-electron chi connectivity index (χ3n) is 4.43. The quantitative estimate of drug-likeness (QED) is 0.748. The molecule has 1 aromatic carbocycles. The van der Waals surface area contributed by atoms with Crippen LogP contribution in [0.5, 0.6) is 0 Å². The predicted molar refractivity (Wildman–Crippen MR) is 98.5 cm³/mol. The van der Waals surface area contributed by atoms with Crippen molar-refractivity contribution in [2.24, 2.45) is 0 Å². The van der Waals surface area contributed by atoms with E-state index in [1.54, 1.807) is 6.20 Å². The van der Waals surface area contributed by atoms with Crippen LogP contribution in [0, 0.1) is 0 Å². The molecule has 1 aromatic heterocycles. The van der Waals surface area contributed by atoms with E-state index in [1.807, 2.05) is 30.1 Å². The second kappa shape index (κ2) is 7.77. The SMILES string of the molecule is CN(c1cnnc(NCCCc2ccccc2)n1)C1CCS(=O)(=O)C1. The molecule has 1 fully saturated rings. The molecule has 1 aliphatic rings. The fraction of sp³-hybridized carbons (Fsp3) is 0.471. The predicted octanol–water partition coefficient (Wildman–Crippen LogP) is 1.54. The maximum Gasteiger partial charge on any atom is 0.244 e. The molecule has 0 spiro atoms. The molecule has 7 nitrogen and oxygen atoms in total. The van der Waals surface area contributed by atoms with Gasteiger partial charge >= 0.3 is 0 Å². The van der Waals surface area contributed by atoms with E-state index in [0.29, 0.717) is 18.2 Å². The van der Waals surface area contributed by atoms with Gasteiger partial charge in [-0.2, -0.15) is 10.1 Å². The van der Waals surface area contributed by atoms with Crippen molar-refractivity contribution in [3.05, 3.63) is 42.1 Å². The summed E-state index contributed by atoms with van der Waals surface area (Å²) < 4.78 is 23.3. The molecule has 0 aliphatic carbocycles. The molecule has 2 aromatic rings. The molecule has 1 aliphatic heterocycles. The molecule has 25 heavy (non-hydrogen) atoms. The highest BCUT2D eigenvalue weighted by Crippen LogP contribution is 2.21. The molecule has 1 atom stereocenters. The van der Waals surface area contributed by atoms with Crippen molar-refractivity contribution in [1.29, 1.82) is 0 Å². The topological polar surface area (TPSA) is 88.1 Å². The van der Waals surface area contributed by atoms with E-state index in [-0.39, 0.29) is 17.5 Å². The summed E-state index contributed by atoms with van der Waals surface area (Å²) in [6.07, 6.45) is 4.15. The van der Waals surface area contributed by atoms with Gasteiger partial charge in [-0.3, -0.25) is 0 Å². The first-order chi connectivity index (χ1) is 12.0. The molecular weight excluding hydrogens is 338 g/mol. The Morgan fingerprint density at radius 3 is 2.80 bits per heavy atom. The fourth-order valence-corrected chi connectivity index (χ4v) is 4.72. The van der Waals surface area contributed by atoms with Crippen LogP contribution in [-0.2, 0) is 16.3 Å². The molecule has 1 saturated heterocycles. The first-order valence-corrected chi connectivity index (χ1v) is 10.3. The number of nitrogens with one attached hydrogen (secondary N) is 1. The van der Waals surface area contributed by atoms with Crippen molar-refractivity contribution in [2.75, 3.05) is 35.3 Å². The van der Waals surface area contributed by atoms with E-state index >= 15 is 0 Å². The van der Waals surface area contributed by atoms with Crippen LogP contribution in [0.1, 0.15) is 18.4 Å². The second-order valence-electron chi connectivity index (χ2n) is 6.32. The lowest BCUT2D eigenvalue weighted by Gasteiger charge is -2.24. The van der Waals surface area contributed by atoms with Gasteiger partial charge < -0.3 is 10.2 Å². The minimum atomic E-state index is -2.92. The molecule has 2 heterocycles. The normalized spacial score (nSPS) is 18.8. The van der Waals surface area contributed by atoms with Crippen LogP contribution in [0.2, 0.25) is 0 Å². The lowest BCUT2D eigenvalue weighted by Crippen LogP contribution is -2.33. The van der Waals surface area contributed by atoms with Crippen molar-refractivity contribution < 1.29 is 8.42 Å². The molecule has 0 bridgehead atoms. The molecule has 0 radical (unpaired) electrons. The third kappa shape index (κ3) is 4.88. The zero-order chi connectivity index (χ0) is 17.7. The summed E-state index contributed by atoms with van der Waals surface area (Å²) in [5, 5.41) is 11.2. The Kier molecular flexibility index (Phi) is 5.47. The summed E-state index contributed by atoms with van der Waals surface area (Å²) in [4.78, 5) is 6.34. The van der Waals surface area contributed by atoms with E-state index in [4.69, 9.17) is 0 Å². The Bertz CT molecular complexity index is 798. The molecule has 0 amide bonds. The maximum atomic E-state index is 11.6. The Balaban J connectivity index is 1.53. The van der Waals surface area contributed by atoms with Gasteiger partial charge in [-0.1, -0.05) is 30.3 Å². The summed E-state index contributed by atoms with van der Waals surface area (Å²) in [6, 6.07) is 10.3. The number of rotatable bonds is 7. The minimum absolute atomic E-state index is 0.0485. The standard InChI is InChI=1S/C17H23N5O2S/c1-22(15-9-11-25(23,24)13-15)16-12-19-21-17(20-16)18-10-5-8-14-6-3-2-4-7-14/h2-4,6-7,12,15H,5,8-11,13H2,1H3,(H,18,20,21). The molecule has 0 saturated carbocycles. The van der Waals surface area contributed by atoms with Crippen molar-refractivity contribution >= 4 is 21.6 Å². The lowest BCUT2D eigenvalue weighted by atomic mass is 10.1. The Labute approximate surface area is 148 Å². The van der Waals surface area contributed by atoms with Gasteiger partial charge in [0.1, 0.15) is 0 Å². The first-order valence-electron chi connectivity index (χ1n) is 8.44. The summed E-state index contributed by atoms with van der Waals surface area (Å²) >= 11 is 0. The molecule has 1 N–H and O–H groups in total. The number of nitrogens with zero attached hydrogens (tertiary/aromatic N) is 4. The first kappa shape index (κ1) is 17.6. The van der Waals surface area contributed by atoms with Gasteiger partial charge in [-0.05, 0) is 24.8 Å². The van der Waals surface area contributed by atoms with Crippen LogP contribution in [0.4, 0.5) is 11.8 Å². The van der Waals surface area contributed by atoms with Gasteiger partial charge in [0, 0.05) is 19.6 Å². The molecule has 3 rings (SSSR count). The zero-order valence-corrected chi connectivity index (χ0v) is 15.1. The minimum Gasteiger partial charge on any atom is -0.354 e. The Morgan fingerprint density at radius 1 is 1.28 bits per heavy atom. The molecule has 1 unspecified atom stereocenters. The van der Waals surface area contributed by atoms with Crippen LogP contribution in [0.15, 0.2) is 36.5 Å². The van der Waals surface area contributed by atoms with Gasteiger partial charge in [0.15, 0.2) is 15.7 Å². The number of aromatic nitrogens is 3. The van der Waals surface area contributed by atoms with Crippen molar-refractivity contribution in [2.45, 2.75) is 25.3 Å². The number of sulfone groups is 1. The third-order valence-corrected chi connectivity index (χ3v) is 6.18. The Hall–Kier alpha value is -2.22. The molecular formula is C17H23N5O2S. The van der Waals surface area contributed by atoms with Crippen LogP contribution in [0.25, 0.3) is 0 Å². The van der Waals surface area contributed by atoms with Gasteiger partial charge in [0.05, 0.1) is 17.7 Å². The average Bonchev–Trinajstić information content (AvgIpc) is 2.99. The highest BCUT2D eigenvalue weighted by atomic mass is 32.2. The van der Waals surface area contributed by atoms with Crippen LogP contribution < -0.4 is 10.2 Å². The van der Waals surface area contributed by atoms with Crippen molar-refractivity contribution in [3.63, 3.8) is 0 Å². The second-order valence-corrected chi connectivity index (χ2v) is 8.55. The van der Waals surface area contributed by atoms with E-state index in [0.717, 1.165) is 19.4 Å². The van der Waals surface area contributed by atoms with Gasteiger partial charge in [-0.15, -0.1) is 5.10 Å². The highest BCUT2D eigenvalue weighted by molar-refractivity contribution is 7.91. The van der Waals surface area contributed by atoms with Crippen molar-refractivity contribution in [1.82, 2.24) is 15.2 Å². The lowest BCUT2D eigenvalue weighted by molar-refractivity contribution is 0.600. The monoisotopic (exact) mass is 361 g/mol. The number of hydrogen-bond donors (Lipinski definition) is 1. The van der Waals surface area contributed by atoms with Gasteiger partial charge in [-0.25, -0.2) is 8.42 Å². The fourth-order valence-electron chi connectivity index (χ4n) is 2.95. The van der Waals surface area contributed by atoms with Crippen LogP contribution >= 0.6 is 0 Å². The van der Waals surface area contributed by atoms with E-state index in [2.05, 4.69) is 32.6 Å². The van der Waals surface area contributed by atoms with E-state index < -0.39 is 9.84 Å². The van der Waals surface area contributed by atoms with Crippen molar-refractivity contribution in [3.8, 4) is 0 Å². The van der Waals surface area contributed by atoms with E-state index in [1.165, 1.54) is 5.56 Å². The Morgan fingerprint density at radius 2 is 2.08 bits per heavy atom. The van der Waals surface area contributed by atoms with E-state index in [9.17, 15) is 8.42 Å². The van der Waals surface area contributed by atoms with Gasteiger partial charge in [0.25, 0.3) is 0 Å². The summed E-state index contributed by atoms with van der Waals surface area (Å²) in [7, 11) is -1.07. The van der Waals surface area contributed by atoms with Crippen LogP contribution in [-0.4, -0.2) is 54.7 Å². The summed E-state index contributed by atoms with van der Waals surface area (Å²) in [5.74, 6) is 1.53. The summed E-state index contributed by atoms with van der Waals surface area (Å²) in [6.45, 7) is 0.752. The average molecular weight is 361 g/mol. The van der Waals surface area contributed by atoms with Crippen LogP contribution in [0.3, 0.4) is 0 Å². The zero-order valence-electron chi connectivity index (χ0n) is 14.3.